The highest BCUT2D eigenvalue weighted by Crippen LogP contribution is 2.35. The van der Waals surface area contributed by atoms with Crippen LogP contribution in [0.4, 0.5) is 0 Å². The van der Waals surface area contributed by atoms with Gasteiger partial charge in [0.2, 0.25) is 0 Å². The molecule has 0 N–H and O–H groups in total. The molecule has 0 saturated heterocycles. The zero-order valence-electron chi connectivity index (χ0n) is 13.8. The van der Waals surface area contributed by atoms with E-state index in [1.165, 1.54) is 0 Å². The SMILES string of the molecule is CCC(C)(C)CC(C)(C)OC(=O)C(C)C(C)(C)C. The number of hydrogen-bond donors (Lipinski definition) is 0. The van der Waals surface area contributed by atoms with Gasteiger partial charge in [-0.15, -0.1) is 0 Å². The van der Waals surface area contributed by atoms with Gasteiger partial charge in [0, 0.05) is 0 Å². The summed E-state index contributed by atoms with van der Waals surface area (Å²) in [5.74, 6) is -0.166. The fourth-order valence-electron chi connectivity index (χ4n) is 2.03. The number of carbonyl (C=O) groups excluding carboxylic acids is 1. The summed E-state index contributed by atoms with van der Waals surface area (Å²) < 4.78 is 5.72. The van der Waals surface area contributed by atoms with Crippen LogP contribution in [-0.4, -0.2) is 11.6 Å². The largest absolute Gasteiger partial charge is 0.459 e. The first kappa shape index (κ1) is 17.5. The molecule has 2 nitrogen and oxygen atoms in total. The Morgan fingerprint density at radius 3 is 1.83 bits per heavy atom. The molecule has 0 aromatic carbocycles. The molecule has 0 spiro atoms. The lowest BCUT2D eigenvalue weighted by Gasteiger charge is -2.36. The van der Waals surface area contributed by atoms with Crippen molar-refractivity contribution >= 4 is 5.97 Å². The maximum absolute atomic E-state index is 12.2. The average molecular weight is 256 g/mol. The summed E-state index contributed by atoms with van der Waals surface area (Å²) in [5.41, 5.74) is -0.238. The molecule has 0 aliphatic carbocycles. The molecule has 0 aliphatic rings. The molecule has 0 saturated carbocycles. The van der Waals surface area contributed by atoms with E-state index in [-0.39, 0.29) is 22.7 Å². The molecule has 0 aliphatic heterocycles. The van der Waals surface area contributed by atoms with Crippen LogP contribution in [0.1, 0.15) is 75.2 Å². The van der Waals surface area contributed by atoms with E-state index in [9.17, 15) is 4.79 Å². The quantitative estimate of drug-likeness (QED) is 0.659. The smallest absolute Gasteiger partial charge is 0.309 e. The van der Waals surface area contributed by atoms with Crippen molar-refractivity contribution in [2.45, 2.75) is 80.8 Å². The molecule has 0 rings (SSSR count). The first-order valence-electron chi connectivity index (χ1n) is 7.03. The van der Waals surface area contributed by atoms with Crippen LogP contribution >= 0.6 is 0 Å². The highest BCUT2D eigenvalue weighted by Gasteiger charge is 2.35. The fourth-order valence-corrected chi connectivity index (χ4v) is 2.03. The summed E-state index contributed by atoms with van der Waals surface area (Å²) in [5, 5.41) is 0. The Bertz CT molecular complexity index is 282. The standard InChI is InChI=1S/C16H32O2/c1-10-15(6,7)11-16(8,9)18-13(17)12(2)14(3,4)5/h12H,10-11H2,1-9H3. The number of esters is 1. The second-order valence-electron chi connectivity index (χ2n) is 7.96. The molecule has 0 bridgehead atoms. The molecule has 0 amide bonds. The van der Waals surface area contributed by atoms with Gasteiger partial charge in [-0.05, 0) is 31.1 Å². The highest BCUT2D eigenvalue weighted by molar-refractivity contribution is 5.73. The molecule has 18 heavy (non-hydrogen) atoms. The Balaban J connectivity index is 4.64. The van der Waals surface area contributed by atoms with E-state index >= 15 is 0 Å². The third-order valence-electron chi connectivity index (χ3n) is 3.89. The van der Waals surface area contributed by atoms with Gasteiger partial charge >= 0.3 is 5.97 Å². The van der Waals surface area contributed by atoms with Gasteiger partial charge < -0.3 is 4.74 Å². The van der Waals surface area contributed by atoms with Crippen LogP contribution in [0.2, 0.25) is 0 Å². The van der Waals surface area contributed by atoms with Crippen LogP contribution in [0.25, 0.3) is 0 Å². The summed E-state index contributed by atoms with van der Waals surface area (Å²) in [6, 6.07) is 0. The molecule has 1 unspecified atom stereocenters. The van der Waals surface area contributed by atoms with Crippen molar-refractivity contribution in [2.75, 3.05) is 0 Å². The van der Waals surface area contributed by atoms with E-state index in [0.717, 1.165) is 12.8 Å². The van der Waals surface area contributed by atoms with Crippen molar-refractivity contribution in [3.63, 3.8) is 0 Å². The van der Waals surface area contributed by atoms with Crippen molar-refractivity contribution in [1.82, 2.24) is 0 Å². The molecule has 0 radical (unpaired) electrons. The Kier molecular flexibility index (Phi) is 5.46. The normalized spacial score (nSPS) is 15.4. The summed E-state index contributed by atoms with van der Waals surface area (Å²) >= 11 is 0. The predicted molar refractivity (Wildman–Crippen MR) is 77.5 cm³/mol. The first-order chi connectivity index (χ1) is 7.81. The van der Waals surface area contributed by atoms with Crippen molar-refractivity contribution in [3.8, 4) is 0 Å². The Hall–Kier alpha value is -0.530. The zero-order valence-corrected chi connectivity index (χ0v) is 13.8. The first-order valence-corrected chi connectivity index (χ1v) is 7.03. The van der Waals surface area contributed by atoms with Gasteiger partial charge in [0.15, 0.2) is 0 Å². The Morgan fingerprint density at radius 1 is 1.06 bits per heavy atom. The van der Waals surface area contributed by atoms with E-state index in [1.54, 1.807) is 0 Å². The molecule has 0 fully saturated rings. The van der Waals surface area contributed by atoms with Crippen LogP contribution in [0, 0.1) is 16.7 Å². The Morgan fingerprint density at radius 2 is 1.50 bits per heavy atom. The lowest BCUT2D eigenvalue weighted by atomic mass is 9.79. The Labute approximate surface area is 113 Å². The van der Waals surface area contributed by atoms with Gasteiger partial charge in [-0.1, -0.05) is 54.9 Å². The van der Waals surface area contributed by atoms with Crippen LogP contribution < -0.4 is 0 Å². The van der Waals surface area contributed by atoms with E-state index < -0.39 is 5.60 Å². The summed E-state index contributed by atoms with van der Waals surface area (Å²) in [6.07, 6.45) is 1.97. The molecule has 0 heterocycles. The third kappa shape index (κ3) is 5.88. The summed E-state index contributed by atoms with van der Waals surface area (Å²) in [4.78, 5) is 12.2. The van der Waals surface area contributed by atoms with Crippen LogP contribution in [-0.2, 0) is 9.53 Å². The molecule has 108 valence electrons. The average Bonchev–Trinajstić information content (AvgIpc) is 2.12. The second-order valence-corrected chi connectivity index (χ2v) is 7.96. The molecular formula is C16H32O2. The number of ether oxygens (including phenoxy) is 1. The highest BCUT2D eigenvalue weighted by atomic mass is 16.6. The van der Waals surface area contributed by atoms with Crippen LogP contribution in [0.5, 0.6) is 0 Å². The van der Waals surface area contributed by atoms with Gasteiger partial charge in [0.05, 0.1) is 5.92 Å². The van der Waals surface area contributed by atoms with Crippen molar-refractivity contribution in [1.29, 1.82) is 0 Å². The molecule has 2 heteroatoms. The van der Waals surface area contributed by atoms with Crippen LogP contribution in [0.3, 0.4) is 0 Å². The second kappa shape index (κ2) is 5.63. The number of rotatable bonds is 5. The minimum atomic E-state index is -0.393. The van der Waals surface area contributed by atoms with Crippen molar-refractivity contribution in [3.05, 3.63) is 0 Å². The minimum absolute atomic E-state index is 0.0482. The van der Waals surface area contributed by atoms with E-state index in [1.807, 2.05) is 20.8 Å². The molecule has 0 aromatic rings. The van der Waals surface area contributed by atoms with Crippen molar-refractivity contribution in [2.24, 2.45) is 16.7 Å². The van der Waals surface area contributed by atoms with Gasteiger partial charge in [0.25, 0.3) is 0 Å². The van der Waals surface area contributed by atoms with E-state index in [2.05, 4.69) is 41.5 Å². The van der Waals surface area contributed by atoms with E-state index in [4.69, 9.17) is 4.74 Å². The number of carbonyl (C=O) groups is 1. The third-order valence-corrected chi connectivity index (χ3v) is 3.89. The van der Waals surface area contributed by atoms with Gasteiger partial charge in [-0.3, -0.25) is 4.79 Å². The van der Waals surface area contributed by atoms with Gasteiger partial charge in [-0.25, -0.2) is 0 Å². The molecular weight excluding hydrogens is 224 g/mol. The summed E-state index contributed by atoms with van der Waals surface area (Å²) in [7, 11) is 0. The lowest BCUT2D eigenvalue weighted by molar-refractivity contribution is -0.167. The molecule has 1 atom stereocenters. The minimum Gasteiger partial charge on any atom is -0.459 e. The maximum atomic E-state index is 12.2. The zero-order chi connectivity index (χ0) is 14.8. The van der Waals surface area contributed by atoms with Crippen molar-refractivity contribution < 1.29 is 9.53 Å². The van der Waals surface area contributed by atoms with E-state index in [0.29, 0.717) is 0 Å². The maximum Gasteiger partial charge on any atom is 0.309 e. The summed E-state index contributed by atoms with van der Waals surface area (Å²) in [6.45, 7) is 18.8. The predicted octanol–water partition coefficient (Wildman–Crippen LogP) is 4.82. The van der Waals surface area contributed by atoms with Crippen LogP contribution in [0.15, 0.2) is 0 Å². The topological polar surface area (TPSA) is 26.3 Å². The lowest BCUT2D eigenvalue weighted by Crippen LogP contribution is -2.38. The fraction of sp³-hybridized carbons (Fsp3) is 0.938. The number of hydrogen-bond acceptors (Lipinski definition) is 2. The van der Waals surface area contributed by atoms with Gasteiger partial charge in [-0.2, -0.15) is 0 Å². The molecule has 0 aromatic heterocycles. The monoisotopic (exact) mass is 256 g/mol. The van der Waals surface area contributed by atoms with Gasteiger partial charge in [0.1, 0.15) is 5.60 Å².